The Morgan fingerprint density at radius 1 is 1.50 bits per heavy atom. The van der Waals surface area contributed by atoms with Crippen LogP contribution in [0.4, 0.5) is 5.13 Å². The molecule has 0 fully saturated rings. The van der Waals surface area contributed by atoms with Crippen LogP contribution < -0.4 is 5.32 Å². The van der Waals surface area contributed by atoms with Gasteiger partial charge in [-0.2, -0.15) is 0 Å². The number of aromatic carboxylic acids is 1. The Hall–Kier alpha value is -1.47. The standard InChI is InChI=1S/C9H9N3O2S2/c13-8(14)6-5-12-9(16-6)11-2-1-7-10-3-4-15-7/h3-5H,1-2H2,(H,11,12)(H,13,14). The fraction of sp³-hybridized carbons (Fsp3) is 0.222. The Balaban J connectivity index is 1.83. The molecule has 0 aliphatic rings. The molecule has 16 heavy (non-hydrogen) atoms. The van der Waals surface area contributed by atoms with E-state index in [9.17, 15) is 4.79 Å². The predicted octanol–water partition coefficient (Wildman–Crippen LogP) is 1.95. The number of nitrogens with zero attached hydrogens (tertiary/aromatic N) is 2. The molecule has 2 heterocycles. The van der Waals surface area contributed by atoms with E-state index in [2.05, 4.69) is 15.3 Å². The van der Waals surface area contributed by atoms with Gasteiger partial charge in [0.05, 0.1) is 11.2 Å². The van der Waals surface area contributed by atoms with Gasteiger partial charge in [0.25, 0.3) is 0 Å². The van der Waals surface area contributed by atoms with E-state index in [-0.39, 0.29) is 4.88 Å². The molecule has 2 aromatic heterocycles. The minimum absolute atomic E-state index is 0.247. The summed E-state index contributed by atoms with van der Waals surface area (Å²) in [5.41, 5.74) is 0. The van der Waals surface area contributed by atoms with Crippen molar-refractivity contribution in [3.05, 3.63) is 27.7 Å². The lowest BCUT2D eigenvalue weighted by Crippen LogP contribution is -2.03. The third-order valence-electron chi connectivity index (χ3n) is 1.82. The van der Waals surface area contributed by atoms with Gasteiger partial charge in [-0.3, -0.25) is 0 Å². The topological polar surface area (TPSA) is 75.1 Å². The minimum Gasteiger partial charge on any atom is -0.477 e. The molecule has 7 heteroatoms. The summed E-state index contributed by atoms with van der Waals surface area (Å²) in [5.74, 6) is -0.939. The first-order valence-electron chi connectivity index (χ1n) is 4.57. The second-order valence-electron chi connectivity index (χ2n) is 2.94. The van der Waals surface area contributed by atoms with E-state index < -0.39 is 5.97 Å². The first-order valence-corrected chi connectivity index (χ1v) is 6.26. The van der Waals surface area contributed by atoms with Gasteiger partial charge < -0.3 is 10.4 Å². The molecule has 0 saturated carbocycles. The molecular formula is C9H9N3O2S2. The molecule has 0 spiro atoms. The Labute approximate surface area is 99.8 Å². The molecule has 0 atom stereocenters. The lowest BCUT2D eigenvalue weighted by Gasteiger charge is -1.98. The van der Waals surface area contributed by atoms with Crippen LogP contribution in [0.2, 0.25) is 0 Å². The highest BCUT2D eigenvalue weighted by molar-refractivity contribution is 7.17. The molecule has 0 bridgehead atoms. The van der Waals surface area contributed by atoms with E-state index in [1.165, 1.54) is 6.20 Å². The van der Waals surface area contributed by atoms with Gasteiger partial charge in [0, 0.05) is 24.5 Å². The van der Waals surface area contributed by atoms with Crippen molar-refractivity contribution in [2.75, 3.05) is 11.9 Å². The number of carbonyl (C=O) groups is 1. The molecular weight excluding hydrogens is 246 g/mol. The van der Waals surface area contributed by atoms with E-state index in [0.717, 1.165) is 22.8 Å². The Bertz CT molecular complexity index is 467. The first kappa shape index (κ1) is 11.0. The summed E-state index contributed by atoms with van der Waals surface area (Å²) >= 11 is 2.75. The third-order valence-corrected chi connectivity index (χ3v) is 3.60. The molecule has 0 aliphatic carbocycles. The summed E-state index contributed by atoms with van der Waals surface area (Å²) in [4.78, 5) is 19.0. The quantitative estimate of drug-likeness (QED) is 0.854. The zero-order valence-electron chi connectivity index (χ0n) is 8.21. The first-order chi connectivity index (χ1) is 7.75. The molecule has 0 radical (unpaired) electrons. The number of hydrogen-bond acceptors (Lipinski definition) is 6. The highest BCUT2D eigenvalue weighted by Gasteiger charge is 2.07. The number of carboxylic acids is 1. The van der Waals surface area contributed by atoms with Crippen molar-refractivity contribution in [1.82, 2.24) is 9.97 Å². The van der Waals surface area contributed by atoms with Crippen LogP contribution in [0.25, 0.3) is 0 Å². The molecule has 0 aliphatic heterocycles. The lowest BCUT2D eigenvalue weighted by atomic mass is 10.4. The summed E-state index contributed by atoms with van der Waals surface area (Å²) < 4.78 is 0. The van der Waals surface area contributed by atoms with Gasteiger partial charge in [0.15, 0.2) is 5.13 Å². The number of aromatic nitrogens is 2. The zero-order valence-corrected chi connectivity index (χ0v) is 9.85. The summed E-state index contributed by atoms with van der Waals surface area (Å²) in [6, 6.07) is 0. The molecule has 0 saturated heterocycles. The highest BCUT2D eigenvalue weighted by atomic mass is 32.1. The third kappa shape index (κ3) is 2.77. The fourth-order valence-electron chi connectivity index (χ4n) is 1.11. The summed E-state index contributed by atoms with van der Waals surface area (Å²) in [7, 11) is 0. The molecule has 2 N–H and O–H groups in total. The lowest BCUT2D eigenvalue weighted by molar-refractivity contribution is 0.0702. The van der Waals surface area contributed by atoms with Gasteiger partial charge in [0.1, 0.15) is 4.88 Å². The molecule has 2 aromatic rings. The average Bonchev–Trinajstić information content (AvgIpc) is 2.87. The van der Waals surface area contributed by atoms with E-state index in [1.54, 1.807) is 17.5 Å². The van der Waals surface area contributed by atoms with Crippen molar-refractivity contribution in [3.63, 3.8) is 0 Å². The van der Waals surface area contributed by atoms with E-state index in [1.807, 2.05) is 5.38 Å². The Kier molecular flexibility index (Phi) is 3.47. The maximum Gasteiger partial charge on any atom is 0.347 e. The Morgan fingerprint density at radius 2 is 2.38 bits per heavy atom. The van der Waals surface area contributed by atoms with Crippen molar-refractivity contribution < 1.29 is 9.90 Å². The summed E-state index contributed by atoms with van der Waals surface area (Å²) in [6.07, 6.45) is 3.95. The van der Waals surface area contributed by atoms with Crippen molar-refractivity contribution in [3.8, 4) is 0 Å². The highest BCUT2D eigenvalue weighted by Crippen LogP contribution is 2.17. The van der Waals surface area contributed by atoms with Crippen molar-refractivity contribution in [2.24, 2.45) is 0 Å². The Morgan fingerprint density at radius 3 is 3.00 bits per heavy atom. The second kappa shape index (κ2) is 5.04. The molecule has 84 valence electrons. The second-order valence-corrected chi connectivity index (χ2v) is 4.95. The van der Waals surface area contributed by atoms with Crippen LogP contribution in [0.5, 0.6) is 0 Å². The van der Waals surface area contributed by atoms with Crippen LogP contribution in [-0.4, -0.2) is 27.6 Å². The van der Waals surface area contributed by atoms with Crippen LogP contribution in [-0.2, 0) is 6.42 Å². The predicted molar refractivity (Wildman–Crippen MR) is 63.4 cm³/mol. The summed E-state index contributed by atoms with van der Waals surface area (Å²) in [5, 5.41) is 15.4. The van der Waals surface area contributed by atoms with Crippen molar-refractivity contribution >= 4 is 33.8 Å². The largest absolute Gasteiger partial charge is 0.477 e. The van der Waals surface area contributed by atoms with Crippen LogP contribution in [0.3, 0.4) is 0 Å². The zero-order chi connectivity index (χ0) is 11.4. The van der Waals surface area contributed by atoms with E-state index in [4.69, 9.17) is 5.11 Å². The normalized spacial score (nSPS) is 10.2. The van der Waals surface area contributed by atoms with Crippen LogP contribution in [0, 0.1) is 0 Å². The van der Waals surface area contributed by atoms with Crippen LogP contribution in [0.1, 0.15) is 14.7 Å². The molecule has 0 unspecified atom stereocenters. The number of carboxylic acid groups (broad SMARTS) is 1. The van der Waals surface area contributed by atoms with Gasteiger partial charge in [-0.15, -0.1) is 11.3 Å². The van der Waals surface area contributed by atoms with Crippen LogP contribution >= 0.6 is 22.7 Å². The van der Waals surface area contributed by atoms with E-state index >= 15 is 0 Å². The summed E-state index contributed by atoms with van der Waals surface area (Å²) in [6.45, 7) is 0.708. The molecule has 5 nitrogen and oxygen atoms in total. The maximum absolute atomic E-state index is 10.6. The molecule has 0 aromatic carbocycles. The van der Waals surface area contributed by atoms with Gasteiger partial charge in [0.2, 0.25) is 0 Å². The minimum atomic E-state index is -0.939. The van der Waals surface area contributed by atoms with Gasteiger partial charge in [-0.25, -0.2) is 14.8 Å². The number of hydrogen-bond donors (Lipinski definition) is 2. The maximum atomic E-state index is 10.6. The van der Waals surface area contributed by atoms with Crippen molar-refractivity contribution in [2.45, 2.75) is 6.42 Å². The van der Waals surface area contributed by atoms with Gasteiger partial charge in [-0.1, -0.05) is 11.3 Å². The fourth-order valence-corrected chi connectivity index (χ4v) is 2.41. The van der Waals surface area contributed by atoms with Crippen LogP contribution in [0.15, 0.2) is 17.8 Å². The molecule has 0 amide bonds. The van der Waals surface area contributed by atoms with Gasteiger partial charge in [-0.05, 0) is 0 Å². The van der Waals surface area contributed by atoms with Crippen molar-refractivity contribution in [1.29, 1.82) is 0 Å². The SMILES string of the molecule is O=C(O)c1cnc(NCCc2nccs2)s1. The number of nitrogens with one attached hydrogen (secondary N) is 1. The van der Waals surface area contributed by atoms with Gasteiger partial charge >= 0.3 is 5.97 Å². The van der Waals surface area contributed by atoms with E-state index in [0.29, 0.717) is 11.7 Å². The monoisotopic (exact) mass is 255 g/mol. The smallest absolute Gasteiger partial charge is 0.347 e. The molecule has 2 rings (SSSR count). The number of rotatable bonds is 5. The average molecular weight is 255 g/mol. The number of anilines is 1. The number of thiazole rings is 2.